The Morgan fingerprint density at radius 2 is 2.13 bits per heavy atom. The first-order valence-electron chi connectivity index (χ1n) is 9.81. The van der Waals surface area contributed by atoms with Gasteiger partial charge in [0.15, 0.2) is 0 Å². The van der Waals surface area contributed by atoms with Crippen molar-refractivity contribution >= 4 is 17.3 Å². The number of nitrogens with one attached hydrogen (secondary N) is 2. The average molecular weight is 409 g/mol. The zero-order chi connectivity index (χ0) is 21.3. The van der Waals surface area contributed by atoms with Crippen LogP contribution < -0.4 is 10.6 Å². The molecule has 0 fully saturated rings. The van der Waals surface area contributed by atoms with Crippen LogP contribution in [0.4, 0.5) is 11.4 Å². The summed E-state index contributed by atoms with van der Waals surface area (Å²) >= 11 is 0. The summed E-state index contributed by atoms with van der Waals surface area (Å²) in [5.74, 6) is 0.00186. The van der Waals surface area contributed by atoms with Crippen LogP contribution in [0, 0.1) is 16.0 Å². The van der Waals surface area contributed by atoms with Crippen molar-refractivity contribution in [3.63, 3.8) is 0 Å². The summed E-state index contributed by atoms with van der Waals surface area (Å²) in [6.45, 7) is 0.880. The lowest BCUT2D eigenvalue weighted by molar-refractivity contribution is -0.385. The summed E-state index contributed by atoms with van der Waals surface area (Å²) in [5, 5.41) is 27.9. The third-order valence-electron chi connectivity index (χ3n) is 5.77. The van der Waals surface area contributed by atoms with Gasteiger partial charge in [0.2, 0.25) is 0 Å². The van der Waals surface area contributed by atoms with Crippen LogP contribution in [-0.2, 0) is 4.74 Å². The molecule has 1 heterocycles. The maximum absolute atomic E-state index is 12.4. The highest BCUT2D eigenvalue weighted by Gasteiger charge is 2.39. The second kappa shape index (κ2) is 8.16. The zero-order valence-corrected chi connectivity index (χ0v) is 16.5. The van der Waals surface area contributed by atoms with Crippen molar-refractivity contribution in [2.24, 2.45) is 5.92 Å². The monoisotopic (exact) mass is 409 g/mol. The molecule has 0 radical (unpaired) electrons. The highest BCUT2D eigenvalue weighted by atomic mass is 16.6. The van der Waals surface area contributed by atoms with E-state index in [4.69, 9.17) is 4.74 Å². The summed E-state index contributed by atoms with van der Waals surface area (Å²) in [5.41, 5.74) is 2.89. The Kier molecular flexibility index (Phi) is 5.41. The topological polar surface area (TPSA) is 114 Å². The lowest BCUT2D eigenvalue weighted by Crippen LogP contribution is -2.30. The number of nitro groups is 1. The smallest absolute Gasteiger partial charge is 0.270 e. The van der Waals surface area contributed by atoms with Crippen molar-refractivity contribution in [1.29, 1.82) is 0 Å². The van der Waals surface area contributed by atoms with Crippen molar-refractivity contribution in [3.05, 3.63) is 75.4 Å². The van der Waals surface area contributed by atoms with Gasteiger partial charge < -0.3 is 20.5 Å². The van der Waals surface area contributed by atoms with Gasteiger partial charge in [-0.2, -0.15) is 0 Å². The molecule has 3 atom stereocenters. The molecule has 2 aliphatic rings. The van der Waals surface area contributed by atoms with Gasteiger partial charge in [-0.05, 0) is 42.2 Å². The van der Waals surface area contributed by atoms with Crippen molar-refractivity contribution in [2.45, 2.75) is 18.4 Å². The number of ether oxygens (including phenoxy) is 1. The lowest BCUT2D eigenvalue weighted by Gasteiger charge is -2.37. The van der Waals surface area contributed by atoms with Crippen molar-refractivity contribution in [3.8, 4) is 5.75 Å². The van der Waals surface area contributed by atoms with E-state index in [0.717, 1.165) is 17.7 Å². The molecule has 156 valence electrons. The summed E-state index contributed by atoms with van der Waals surface area (Å²) < 4.78 is 4.97. The second-order valence-electron chi connectivity index (χ2n) is 7.53. The Morgan fingerprint density at radius 1 is 1.30 bits per heavy atom. The van der Waals surface area contributed by atoms with Crippen LogP contribution in [-0.4, -0.2) is 36.2 Å². The minimum absolute atomic E-state index is 0.0290. The molecule has 0 saturated heterocycles. The third-order valence-corrected chi connectivity index (χ3v) is 5.77. The fourth-order valence-corrected chi connectivity index (χ4v) is 4.32. The first-order chi connectivity index (χ1) is 14.5. The van der Waals surface area contributed by atoms with Crippen molar-refractivity contribution in [2.75, 3.05) is 25.6 Å². The minimum Gasteiger partial charge on any atom is -0.508 e. The largest absolute Gasteiger partial charge is 0.508 e. The van der Waals surface area contributed by atoms with E-state index in [1.807, 2.05) is 12.1 Å². The van der Waals surface area contributed by atoms with Crippen LogP contribution in [0.5, 0.6) is 5.75 Å². The molecule has 2 aromatic rings. The number of fused-ring (bicyclic) bond motifs is 3. The fraction of sp³-hybridized carbons (Fsp3) is 0.318. The number of nitrogens with zero attached hydrogens (tertiary/aromatic N) is 1. The van der Waals surface area contributed by atoms with Crippen LogP contribution in [0.2, 0.25) is 0 Å². The number of hydrogen-bond donors (Lipinski definition) is 3. The van der Waals surface area contributed by atoms with E-state index in [1.165, 1.54) is 18.2 Å². The molecule has 0 spiro atoms. The molecule has 30 heavy (non-hydrogen) atoms. The SMILES string of the molecule is COCCNC(=O)c1ccc2c(c1)C1C=CCC1C(c1cc([N+](=O)[O-])ccc1O)N2. The Morgan fingerprint density at radius 3 is 2.90 bits per heavy atom. The van der Waals surface area contributed by atoms with Crippen LogP contribution in [0.3, 0.4) is 0 Å². The minimum atomic E-state index is -0.460. The summed E-state index contributed by atoms with van der Waals surface area (Å²) in [4.78, 5) is 23.2. The number of carbonyl (C=O) groups is 1. The van der Waals surface area contributed by atoms with Gasteiger partial charge in [-0.1, -0.05) is 12.2 Å². The molecule has 0 bridgehead atoms. The number of allylic oxidation sites excluding steroid dienone is 2. The van der Waals surface area contributed by atoms with Gasteiger partial charge in [0.1, 0.15) is 5.75 Å². The average Bonchev–Trinajstić information content (AvgIpc) is 3.23. The molecule has 2 aromatic carbocycles. The number of anilines is 1. The number of benzene rings is 2. The Bertz CT molecular complexity index is 1020. The number of aromatic hydroxyl groups is 1. The predicted octanol–water partition coefficient (Wildman–Crippen LogP) is 3.50. The maximum Gasteiger partial charge on any atom is 0.270 e. The van der Waals surface area contributed by atoms with Gasteiger partial charge >= 0.3 is 0 Å². The molecule has 4 rings (SSSR count). The van der Waals surface area contributed by atoms with E-state index in [1.54, 1.807) is 13.2 Å². The number of amides is 1. The van der Waals surface area contributed by atoms with E-state index >= 15 is 0 Å². The first kappa shape index (κ1) is 19.9. The molecule has 1 amide bonds. The molecule has 0 aromatic heterocycles. The van der Waals surface area contributed by atoms with E-state index in [0.29, 0.717) is 24.3 Å². The van der Waals surface area contributed by atoms with Gasteiger partial charge in [0.25, 0.3) is 11.6 Å². The zero-order valence-electron chi connectivity index (χ0n) is 16.5. The number of phenols is 1. The van der Waals surface area contributed by atoms with Crippen LogP contribution in [0.15, 0.2) is 48.6 Å². The van der Waals surface area contributed by atoms with Crippen molar-refractivity contribution in [1.82, 2.24) is 5.32 Å². The van der Waals surface area contributed by atoms with Crippen LogP contribution in [0.1, 0.15) is 39.9 Å². The molecular weight excluding hydrogens is 386 g/mol. The molecule has 1 aliphatic carbocycles. The Labute approximate surface area is 173 Å². The maximum atomic E-state index is 12.4. The van der Waals surface area contributed by atoms with E-state index < -0.39 is 4.92 Å². The van der Waals surface area contributed by atoms with Gasteiger partial charge in [0.05, 0.1) is 17.6 Å². The molecular formula is C22H23N3O5. The molecule has 8 nitrogen and oxygen atoms in total. The van der Waals surface area contributed by atoms with Gasteiger partial charge in [0, 0.05) is 48.5 Å². The molecule has 0 saturated carbocycles. The summed E-state index contributed by atoms with van der Waals surface area (Å²) in [6, 6.07) is 9.32. The van der Waals surface area contributed by atoms with E-state index in [-0.39, 0.29) is 35.2 Å². The molecule has 1 aliphatic heterocycles. The normalized spacial score (nSPS) is 21.4. The highest BCUT2D eigenvalue weighted by molar-refractivity contribution is 5.95. The number of phenolic OH excluding ortho intramolecular Hbond substituents is 1. The van der Waals surface area contributed by atoms with E-state index in [2.05, 4.69) is 22.8 Å². The highest BCUT2D eigenvalue weighted by Crippen LogP contribution is 2.51. The third kappa shape index (κ3) is 3.61. The first-order valence-corrected chi connectivity index (χ1v) is 9.81. The number of nitro benzene ring substituents is 1. The summed E-state index contributed by atoms with van der Waals surface area (Å²) in [7, 11) is 1.58. The lowest BCUT2D eigenvalue weighted by atomic mass is 9.76. The van der Waals surface area contributed by atoms with Gasteiger partial charge in [-0.3, -0.25) is 14.9 Å². The summed E-state index contributed by atoms with van der Waals surface area (Å²) in [6.07, 6.45) is 4.96. The quantitative estimate of drug-likeness (QED) is 0.291. The standard InChI is InChI=1S/C22H23N3O5/c1-30-10-9-23-22(27)13-5-7-19-17(11-13)15-3-2-4-16(15)21(24-19)18-12-14(25(28)29)6-8-20(18)26/h2-3,5-8,11-12,15-16,21,24,26H,4,9-10H2,1H3,(H,23,27). The molecule has 3 unspecified atom stereocenters. The Hall–Kier alpha value is -3.39. The van der Waals surface area contributed by atoms with Gasteiger partial charge in [-0.15, -0.1) is 0 Å². The van der Waals surface area contributed by atoms with Crippen molar-refractivity contribution < 1.29 is 19.6 Å². The number of non-ortho nitro benzene ring substituents is 1. The number of rotatable bonds is 6. The second-order valence-corrected chi connectivity index (χ2v) is 7.53. The predicted molar refractivity (Wildman–Crippen MR) is 112 cm³/mol. The van der Waals surface area contributed by atoms with Gasteiger partial charge in [-0.25, -0.2) is 0 Å². The molecule has 8 heteroatoms. The fourth-order valence-electron chi connectivity index (χ4n) is 4.32. The molecule has 3 N–H and O–H groups in total. The number of hydrogen-bond acceptors (Lipinski definition) is 6. The van der Waals surface area contributed by atoms with Crippen LogP contribution in [0.25, 0.3) is 0 Å². The van der Waals surface area contributed by atoms with E-state index in [9.17, 15) is 20.0 Å². The number of methoxy groups -OCH3 is 1. The Balaban J connectivity index is 1.66. The van der Waals surface area contributed by atoms with Crippen LogP contribution >= 0.6 is 0 Å². The number of carbonyl (C=O) groups excluding carboxylic acids is 1.